The van der Waals surface area contributed by atoms with Crippen molar-refractivity contribution in [2.75, 3.05) is 5.32 Å². The molecule has 0 spiro atoms. The maximum atomic E-state index is 12.9. The molecule has 0 bridgehead atoms. The van der Waals surface area contributed by atoms with Gasteiger partial charge in [0.25, 0.3) is 0 Å². The topological polar surface area (TPSA) is 106 Å². The Morgan fingerprint density at radius 1 is 1.03 bits per heavy atom. The number of aryl methyl sites for hydroxylation is 1. The Balaban J connectivity index is 1.45. The maximum absolute atomic E-state index is 12.9. The number of urea groups is 1. The predicted molar refractivity (Wildman–Crippen MR) is 113 cm³/mol. The molecule has 0 fully saturated rings. The molecule has 0 radical (unpaired) electrons. The molecule has 0 saturated carbocycles. The van der Waals surface area contributed by atoms with Crippen LogP contribution in [0.5, 0.6) is 0 Å². The van der Waals surface area contributed by atoms with Gasteiger partial charge in [-0.3, -0.25) is 9.67 Å². The Labute approximate surface area is 173 Å². The summed E-state index contributed by atoms with van der Waals surface area (Å²) in [4.78, 5) is 16.4. The van der Waals surface area contributed by atoms with Crippen molar-refractivity contribution in [3.8, 4) is 0 Å². The van der Waals surface area contributed by atoms with Crippen LogP contribution in [0.2, 0.25) is 0 Å². The van der Waals surface area contributed by atoms with Gasteiger partial charge in [0.15, 0.2) is 0 Å². The van der Waals surface area contributed by atoms with E-state index in [9.17, 15) is 13.2 Å². The lowest BCUT2D eigenvalue weighted by Crippen LogP contribution is -2.28. The third kappa shape index (κ3) is 4.01. The normalized spacial score (nSPS) is 11.4. The van der Waals surface area contributed by atoms with Crippen LogP contribution in [0.15, 0.2) is 83.0 Å². The van der Waals surface area contributed by atoms with Crippen molar-refractivity contribution in [1.29, 1.82) is 0 Å². The summed E-state index contributed by atoms with van der Waals surface area (Å²) in [6.07, 6.45) is 4.96. The summed E-state index contributed by atoms with van der Waals surface area (Å²) in [6, 6.07) is 14.2. The summed E-state index contributed by atoms with van der Waals surface area (Å²) >= 11 is 0. The molecular weight excluding hydrogens is 402 g/mol. The van der Waals surface area contributed by atoms with Gasteiger partial charge in [-0.1, -0.05) is 6.07 Å². The van der Waals surface area contributed by atoms with Gasteiger partial charge in [-0.2, -0.15) is 5.10 Å². The minimum Gasteiger partial charge on any atom is -0.334 e. The third-order valence-electron chi connectivity index (χ3n) is 4.63. The van der Waals surface area contributed by atoms with Crippen LogP contribution >= 0.6 is 0 Å². The Morgan fingerprint density at radius 3 is 2.53 bits per heavy atom. The zero-order valence-corrected chi connectivity index (χ0v) is 16.9. The van der Waals surface area contributed by atoms with Gasteiger partial charge in [0.2, 0.25) is 9.84 Å². The molecule has 2 aromatic carbocycles. The molecule has 0 aliphatic carbocycles. The molecule has 4 rings (SSSR count). The quantitative estimate of drug-likeness (QED) is 0.515. The molecule has 0 unspecified atom stereocenters. The molecule has 8 nitrogen and oxygen atoms in total. The number of hydrogen-bond acceptors (Lipinski definition) is 5. The molecule has 4 aromatic rings. The fourth-order valence-corrected chi connectivity index (χ4v) is 4.32. The Hall–Kier alpha value is -3.72. The SMILES string of the molecule is Cn1ncc2cc(S(=O)(=O)c3ccc(NC(=O)NCc4cccnc4)cc3)ccc21. The molecule has 2 N–H and O–H groups in total. The van der Waals surface area contributed by atoms with Crippen LogP contribution in [-0.2, 0) is 23.4 Å². The number of anilines is 1. The van der Waals surface area contributed by atoms with Gasteiger partial charge in [0.1, 0.15) is 0 Å². The zero-order valence-electron chi connectivity index (χ0n) is 16.1. The first-order chi connectivity index (χ1) is 14.4. The predicted octanol–water partition coefficient (Wildman–Crippen LogP) is 3.12. The van der Waals surface area contributed by atoms with Crippen LogP contribution < -0.4 is 10.6 Å². The molecule has 2 aromatic heterocycles. The molecule has 30 heavy (non-hydrogen) atoms. The van der Waals surface area contributed by atoms with E-state index in [2.05, 4.69) is 20.7 Å². The molecule has 152 valence electrons. The van der Waals surface area contributed by atoms with E-state index in [1.165, 1.54) is 12.1 Å². The van der Waals surface area contributed by atoms with E-state index in [0.29, 0.717) is 12.2 Å². The number of carbonyl (C=O) groups is 1. The first-order valence-corrected chi connectivity index (χ1v) is 10.6. The number of carbonyl (C=O) groups excluding carboxylic acids is 1. The smallest absolute Gasteiger partial charge is 0.319 e. The minimum atomic E-state index is -3.68. The van der Waals surface area contributed by atoms with E-state index in [0.717, 1.165) is 16.5 Å². The largest absolute Gasteiger partial charge is 0.334 e. The second kappa shape index (κ2) is 7.96. The summed E-state index contributed by atoms with van der Waals surface area (Å²) in [6.45, 7) is 0.336. The number of pyridine rings is 1. The summed E-state index contributed by atoms with van der Waals surface area (Å²) in [7, 11) is -1.88. The van der Waals surface area contributed by atoms with E-state index in [4.69, 9.17) is 0 Å². The molecule has 0 aliphatic rings. The van der Waals surface area contributed by atoms with Crippen LogP contribution in [0.25, 0.3) is 10.9 Å². The number of sulfone groups is 1. The highest BCUT2D eigenvalue weighted by Crippen LogP contribution is 2.25. The van der Waals surface area contributed by atoms with E-state index >= 15 is 0 Å². The van der Waals surface area contributed by atoms with Gasteiger partial charge in [-0.25, -0.2) is 13.2 Å². The van der Waals surface area contributed by atoms with Crippen LogP contribution in [-0.4, -0.2) is 29.2 Å². The number of aromatic nitrogens is 3. The van der Waals surface area contributed by atoms with Crippen molar-refractivity contribution in [3.05, 3.63) is 78.8 Å². The molecule has 0 aliphatic heterocycles. The molecule has 2 heterocycles. The van der Waals surface area contributed by atoms with E-state index in [1.54, 1.807) is 66.7 Å². The lowest BCUT2D eigenvalue weighted by atomic mass is 10.2. The lowest BCUT2D eigenvalue weighted by Gasteiger charge is -2.09. The third-order valence-corrected chi connectivity index (χ3v) is 6.39. The highest BCUT2D eigenvalue weighted by atomic mass is 32.2. The van der Waals surface area contributed by atoms with Crippen molar-refractivity contribution in [2.24, 2.45) is 7.05 Å². The van der Waals surface area contributed by atoms with E-state index in [1.807, 2.05) is 6.07 Å². The number of hydrogen-bond donors (Lipinski definition) is 2. The fraction of sp³-hybridized carbons (Fsp3) is 0.0952. The average molecular weight is 421 g/mol. The minimum absolute atomic E-state index is 0.145. The van der Waals surface area contributed by atoms with E-state index in [-0.39, 0.29) is 9.79 Å². The number of rotatable bonds is 5. The standard InChI is InChI=1S/C21H19N5O3S/c1-26-20-9-8-19(11-16(20)14-24-26)30(28,29)18-6-4-17(5-7-18)25-21(27)23-13-15-3-2-10-22-12-15/h2-12,14H,13H2,1H3,(H2,23,25,27). The molecular formula is C21H19N5O3S. The summed E-state index contributed by atoms with van der Waals surface area (Å²) in [5, 5.41) is 10.3. The molecule has 9 heteroatoms. The van der Waals surface area contributed by atoms with Gasteiger partial charge in [0, 0.05) is 37.1 Å². The fourth-order valence-electron chi connectivity index (χ4n) is 3.02. The van der Waals surface area contributed by atoms with Crippen molar-refractivity contribution >= 4 is 32.5 Å². The summed E-state index contributed by atoms with van der Waals surface area (Å²) < 4.78 is 27.6. The second-order valence-electron chi connectivity index (χ2n) is 6.69. The Bertz CT molecular complexity index is 1300. The van der Waals surface area contributed by atoms with Crippen LogP contribution in [0.4, 0.5) is 10.5 Å². The first kappa shape index (κ1) is 19.6. The zero-order chi connectivity index (χ0) is 21.1. The van der Waals surface area contributed by atoms with Gasteiger partial charge < -0.3 is 10.6 Å². The Kier molecular flexibility index (Phi) is 5.20. The lowest BCUT2D eigenvalue weighted by molar-refractivity contribution is 0.251. The van der Waals surface area contributed by atoms with Gasteiger partial charge in [-0.15, -0.1) is 0 Å². The molecule has 2 amide bonds. The number of amides is 2. The van der Waals surface area contributed by atoms with E-state index < -0.39 is 15.9 Å². The van der Waals surface area contributed by atoms with Crippen molar-refractivity contribution in [2.45, 2.75) is 16.3 Å². The van der Waals surface area contributed by atoms with Gasteiger partial charge in [-0.05, 0) is 54.1 Å². The second-order valence-corrected chi connectivity index (χ2v) is 8.64. The van der Waals surface area contributed by atoms with Gasteiger partial charge in [0.05, 0.1) is 21.5 Å². The Morgan fingerprint density at radius 2 is 1.80 bits per heavy atom. The van der Waals surface area contributed by atoms with Crippen LogP contribution in [0.1, 0.15) is 5.56 Å². The molecule has 0 saturated heterocycles. The molecule has 0 atom stereocenters. The van der Waals surface area contributed by atoms with Crippen LogP contribution in [0.3, 0.4) is 0 Å². The van der Waals surface area contributed by atoms with Gasteiger partial charge >= 0.3 is 6.03 Å². The number of benzene rings is 2. The number of nitrogens with one attached hydrogen (secondary N) is 2. The average Bonchev–Trinajstić information content (AvgIpc) is 3.14. The highest BCUT2D eigenvalue weighted by Gasteiger charge is 2.18. The maximum Gasteiger partial charge on any atom is 0.319 e. The van der Waals surface area contributed by atoms with Crippen molar-refractivity contribution in [3.63, 3.8) is 0 Å². The number of nitrogens with zero attached hydrogens (tertiary/aromatic N) is 3. The monoisotopic (exact) mass is 421 g/mol. The van der Waals surface area contributed by atoms with Crippen molar-refractivity contribution in [1.82, 2.24) is 20.1 Å². The summed E-state index contributed by atoms with van der Waals surface area (Å²) in [5.41, 5.74) is 2.21. The van der Waals surface area contributed by atoms with Crippen molar-refractivity contribution < 1.29 is 13.2 Å². The number of fused-ring (bicyclic) bond motifs is 1. The summed E-state index contributed by atoms with van der Waals surface area (Å²) in [5.74, 6) is 0. The van der Waals surface area contributed by atoms with Crippen LogP contribution in [0, 0.1) is 0 Å². The highest BCUT2D eigenvalue weighted by molar-refractivity contribution is 7.91. The first-order valence-electron chi connectivity index (χ1n) is 9.14.